The molecular formula is C14H18N2O4. The molecule has 6 nitrogen and oxygen atoms in total. The summed E-state index contributed by atoms with van der Waals surface area (Å²) < 4.78 is 0. The van der Waals surface area contributed by atoms with Crippen LogP contribution in [0.2, 0.25) is 0 Å². The Morgan fingerprint density at radius 3 is 2.40 bits per heavy atom. The van der Waals surface area contributed by atoms with Crippen molar-refractivity contribution < 1.29 is 19.5 Å². The van der Waals surface area contributed by atoms with E-state index in [1.54, 1.807) is 18.2 Å². The number of amides is 2. The first-order chi connectivity index (χ1) is 9.50. The molecule has 3 N–H and O–H groups in total. The van der Waals surface area contributed by atoms with Crippen molar-refractivity contribution in [2.24, 2.45) is 0 Å². The van der Waals surface area contributed by atoms with E-state index < -0.39 is 5.97 Å². The summed E-state index contributed by atoms with van der Waals surface area (Å²) in [7, 11) is 0. The van der Waals surface area contributed by atoms with Gasteiger partial charge in [0.1, 0.15) is 0 Å². The summed E-state index contributed by atoms with van der Waals surface area (Å²) in [5.41, 5.74) is 0.625. The van der Waals surface area contributed by atoms with Gasteiger partial charge < -0.3 is 15.7 Å². The molecule has 6 heteroatoms. The minimum Gasteiger partial charge on any atom is -0.478 e. The number of nitrogens with one attached hydrogen (secondary N) is 2. The molecule has 0 heterocycles. The van der Waals surface area contributed by atoms with Gasteiger partial charge in [0, 0.05) is 20.0 Å². The van der Waals surface area contributed by atoms with E-state index in [0.29, 0.717) is 25.1 Å². The lowest BCUT2D eigenvalue weighted by Gasteiger charge is -2.07. The van der Waals surface area contributed by atoms with Crippen molar-refractivity contribution in [2.75, 3.05) is 13.1 Å². The van der Waals surface area contributed by atoms with Crippen molar-refractivity contribution in [3.63, 3.8) is 0 Å². The Kier molecular flexibility index (Phi) is 6.22. The molecule has 20 heavy (non-hydrogen) atoms. The molecule has 0 aromatic heterocycles. The van der Waals surface area contributed by atoms with Gasteiger partial charge >= 0.3 is 5.97 Å². The van der Waals surface area contributed by atoms with Crippen molar-refractivity contribution in [2.45, 2.75) is 19.8 Å². The summed E-state index contributed by atoms with van der Waals surface area (Å²) in [6, 6.07) is 6.42. The number of hydrogen-bond acceptors (Lipinski definition) is 3. The van der Waals surface area contributed by atoms with Crippen LogP contribution in [0.1, 0.15) is 29.3 Å². The van der Waals surface area contributed by atoms with Gasteiger partial charge in [0.2, 0.25) is 11.8 Å². The average Bonchev–Trinajstić information content (AvgIpc) is 2.38. The van der Waals surface area contributed by atoms with Crippen LogP contribution in [-0.4, -0.2) is 36.0 Å². The average molecular weight is 278 g/mol. The van der Waals surface area contributed by atoms with Gasteiger partial charge in [0.15, 0.2) is 0 Å². The van der Waals surface area contributed by atoms with Crippen LogP contribution in [0.3, 0.4) is 0 Å². The van der Waals surface area contributed by atoms with Crippen molar-refractivity contribution in [3.8, 4) is 0 Å². The van der Waals surface area contributed by atoms with Crippen LogP contribution < -0.4 is 10.6 Å². The van der Waals surface area contributed by atoms with E-state index in [4.69, 9.17) is 5.11 Å². The molecule has 1 rings (SSSR count). The number of carbonyl (C=O) groups excluding carboxylic acids is 2. The molecule has 0 aliphatic rings. The largest absolute Gasteiger partial charge is 0.478 e. The summed E-state index contributed by atoms with van der Waals surface area (Å²) in [6.07, 6.45) is 0.661. The molecule has 0 aliphatic heterocycles. The van der Waals surface area contributed by atoms with Gasteiger partial charge in [-0.2, -0.15) is 0 Å². The van der Waals surface area contributed by atoms with E-state index in [2.05, 4.69) is 10.6 Å². The minimum absolute atomic E-state index is 0.0304. The smallest absolute Gasteiger partial charge is 0.335 e. The Balaban J connectivity index is 2.39. The molecule has 0 saturated heterocycles. The first-order valence-corrected chi connectivity index (χ1v) is 6.33. The third kappa shape index (κ3) is 5.51. The SMILES string of the molecule is CC(=O)NCCCNC(=O)Cc1ccccc1C(=O)O. The standard InChI is InChI=1S/C14H18N2O4/c1-10(17)15-7-4-8-16-13(18)9-11-5-2-3-6-12(11)14(19)20/h2-3,5-6H,4,7-9H2,1H3,(H,15,17)(H,16,18)(H,19,20). The molecular weight excluding hydrogens is 260 g/mol. The second kappa shape index (κ2) is 7.93. The lowest BCUT2D eigenvalue weighted by Crippen LogP contribution is -2.30. The second-order valence-corrected chi connectivity index (χ2v) is 4.33. The predicted octanol–water partition coefficient (Wildman–Crippen LogP) is 0.570. The van der Waals surface area contributed by atoms with Crippen LogP contribution >= 0.6 is 0 Å². The number of rotatable bonds is 7. The van der Waals surface area contributed by atoms with Crippen LogP contribution in [0.15, 0.2) is 24.3 Å². The van der Waals surface area contributed by atoms with Gasteiger partial charge in [-0.25, -0.2) is 4.79 Å². The van der Waals surface area contributed by atoms with Gasteiger partial charge in [-0.1, -0.05) is 18.2 Å². The van der Waals surface area contributed by atoms with Gasteiger partial charge in [0.05, 0.1) is 12.0 Å². The summed E-state index contributed by atoms with van der Waals surface area (Å²) in [5.74, 6) is -1.38. The number of carbonyl (C=O) groups is 3. The molecule has 0 unspecified atom stereocenters. The van der Waals surface area contributed by atoms with E-state index in [1.165, 1.54) is 13.0 Å². The Morgan fingerprint density at radius 1 is 1.10 bits per heavy atom. The molecule has 1 aromatic rings. The molecule has 0 spiro atoms. The topological polar surface area (TPSA) is 95.5 Å². The van der Waals surface area contributed by atoms with Crippen LogP contribution in [0.25, 0.3) is 0 Å². The van der Waals surface area contributed by atoms with Gasteiger partial charge in [-0.3, -0.25) is 9.59 Å². The van der Waals surface area contributed by atoms with E-state index in [0.717, 1.165) is 0 Å². The molecule has 0 atom stereocenters. The zero-order valence-corrected chi connectivity index (χ0v) is 11.3. The molecule has 2 amide bonds. The number of hydrogen-bond donors (Lipinski definition) is 3. The van der Waals surface area contributed by atoms with Gasteiger partial charge in [-0.15, -0.1) is 0 Å². The summed E-state index contributed by atoms with van der Waals surface area (Å²) in [4.78, 5) is 33.3. The Morgan fingerprint density at radius 2 is 1.75 bits per heavy atom. The van der Waals surface area contributed by atoms with Crippen LogP contribution in [0.5, 0.6) is 0 Å². The van der Waals surface area contributed by atoms with E-state index >= 15 is 0 Å². The number of carboxylic acids is 1. The Bertz CT molecular complexity index is 500. The van der Waals surface area contributed by atoms with Gasteiger partial charge in [0.25, 0.3) is 0 Å². The van der Waals surface area contributed by atoms with Crippen LogP contribution in [0.4, 0.5) is 0 Å². The van der Waals surface area contributed by atoms with Crippen LogP contribution in [-0.2, 0) is 16.0 Å². The summed E-state index contributed by atoms with van der Waals surface area (Å²) in [6.45, 7) is 2.37. The highest BCUT2D eigenvalue weighted by Crippen LogP contribution is 2.09. The lowest BCUT2D eigenvalue weighted by molar-refractivity contribution is -0.120. The quantitative estimate of drug-likeness (QED) is 0.635. The zero-order chi connectivity index (χ0) is 15.0. The van der Waals surface area contributed by atoms with E-state index in [1.807, 2.05) is 0 Å². The predicted molar refractivity (Wildman–Crippen MR) is 73.4 cm³/mol. The van der Waals surface area contributed by atoms with E-state index in [9.17, 15) is 14.4 Å². The fourth-order valence-electron chi connectivity index (χ4n) is 1.70. The maximum Gasteiger partial charge on any atom is 0.335 e. The third-order valence-corrected chi connectivity index (χ3v) is 2.65. The highest BCUT2D eigenvalue weighted by molar-refractivity contribution is 5.91. The highest BCUT2D eigenvalue weighted by atomic mass is 16.4. The highest BCUT2D eigenvalue weighted by Gasteiger charge is 2.11. The zero-order valence-electron chi connectivity index (χ0n) is 11.3. The first-order valence-electron chi connectivity index (χ1n) is 6.33. The molecule has 0 fully saturated rings. The molecule has 108 valence electrons. The Labute approximate surface area is 117 Å². The molecule has 0 aliphatic carbocycles. The fraction of sp³-hybridized carbons (Fsp3) is 0.357. The van der Waals surface area contributed by atoms with Crippen molar-refractivity contribution >= 4 is 17.8 Å². The number of aromatic carboxylic acids is 1. The maximum absolute atomic E-state index is 11.7. The molecule has 1 aromatic carbocycles. The van der Waals surface area contributed by atoms with Crippen molar-refractivity contribution in [1.82, 2.24) is 10.6 Å². The van der Waals surface area contributed by atoms with Crippen LogP contribution in [0, 0.1) is 0 Å². The number of benzene rings is 1. The minimum atomic E-state index is -1.04. The van der Waals surface area contributed by atoms with E-state index in [-0.39, 0.29) is 23.8 Å². The number of carboxylic acid groups (broad SMARTS) is 1. The lowest BCUT2D eigenvalue weighted by atomic mass is 10.0. The van der Waals surface area contributed by atoms with Gasteiger partial charge in [-0.05, 0) is 18.1 Å². The van der Waals surface area contributed by atoms with Crippen molar-refractivity contribution in [3.05, 3.63) is 35.4 Å². The maximum atomic E-state index is 11.7. The molecule has 0 radical (unpaired) electrons. The fourth-order valence-corrected chi connectivity index (χ4v) is 1.70. The normalized spacial score (nSPS) is 9.85. The molecule has 0 bridgehead atoms. The Hall–Kier alpha value is -2.37. The monoisotopic (exact) mass is 278 g/mol. The van der Waals surface area contributed by atoms with Crippen molar-refractivity contribution in [1.29, 1.82) is 0 Å². The second-order valence-electron chi connectivity index (χ2n) is 4.33. The molecule has 0 saturated carbocycles. The summed E-state index contributed by atoms with van der Waals surface area (Å²) >= 11 is 0. The first kappa shape index (κ1) is 15.7. The summed E-state index contributed by atoms with van der Waals surface area (Å²) in [5, 5.41) is 14.3. The third-order valence-electron chi connectivity index (χ3n) is 2.65.